The lowest BCUT2D eigenvalue weighted by molar-refractivity contribution is -0.384. The number of anilines is 1. The molecule has 0 saturated carbocycles. The number of benzene rings is 1. The van der Waals surface area contributed by atoms with Crippen molar-refractivity contribution in [2.75, 3.05) is 5.32 Å². The van der Waals surface area contributed by atoms with Gasteiger partial charge in [0.25, 0.3) is 5.69 Å². The van der Waals surface area contributed by atoms with Gasteiger partial charge in [0.05, 0.1) is 11.0 Å². The fourth-order valence-electron chi connectivity index (χ4n) is 1.38. The molecule has 0 saturated heterocycles. The van der Waals surface area contributed by atoms with E-state index in [0.717, 1.165) is 10.9 Å². The first kappa shape index (κ1) is 12.6. The number of nitrogens with one attached hydrogen (secondary N) is 1. The maximum Gasteiger partial charge on any atom is 0.331 e. The van der Waals surface area contributed by atoms with Gasteiger partial charge in [-0.2, -0.15) is 0 Å². The summed E-state index contributed by atoms with van der Waals surface area (Å²) in [6.45, 7) is 0. The molecule has 0 aliphatic rings. The van der Waals surface area contributed by atoms with Crippen LogP contribution < -0.4 is 5.32 Å². The monoisotopic (exact) mass is 268 g/mol. The topological polar surface area (TPSA) is 90.1 Å². The van der Waals surface area contributed by atoms with E-state index in [9.17, 15) is 23.7 Å². The summed E-state index contributed by atoms with van der Waals surface area (Å²) in [5, 5.41) is 12.7. The highest BCUT2D eigenvalue weighted by molar-refractivity contribution is 5.93. The predicted molar refractivity (Wildman–Crippen MR) is 59.7 cm³/mol. The van der Waals surface area contributed by atoms with Gasteiger partial charge in [-0.1, -0.05) is 0 Å². The molecular weight excluding hydrogens is 262 g/mol. The molecule has 0 aliphatic heterocycles. The minimum atomic E-state index is -1.24. The first-order valence-electron chi connectivity index (χ1n) is 4.92. The summed E-state index contributed by atoms with van der Waals surface area (Å²) in [7, 11) is 0. The quantitative estimate of drug-likeness (QED) is 0.667. The summed E-state index contributed by atoms with van der Waals surface area (Å²) in [4.78, 5) is 24.9. The first-order chi connectivity index (χ1) is 8.99. The van der Waals surface area contributed by atoms with E-state index in [4.69, 9.17) is 0 Å². The van der Waals surface area contributed by atoms with Crippen LogP contribution in [-0.4, -0.2) is 20.5 Å². The van der Waals surface area contributed by atoms with Crippen LogP contribution in [0.25, 0.3) is 0 Å². The number of amides is 1. The van der Waals surface area contributed by atoms with Gasteiger partial charge in [0.15, 0.2) is 11.5 Å². The van der Waals surface area contributed by atoms with Crippen LogP contribution in [0.5, 0.6) is 0 Å². The minimum Gasteiger partial charge on any atom is -0.299 e. The molecule has 98 valence electrons. The molecule has 9 heteroatoms. The van der Waals surface area contributed by atoms with Crippen LogP contribution in [0.4, 0.5) is 25.0 Å². The van der Waals surface area contributed by atoms with Crippen molar-refractivity contribution in [3.05, 3.63) is 52.6 Å². The van der Waals surface area contributed by atoms with Crippen LogP contribution in [-0.2, 0) is 0 Å². The summed E-state index contributed by atoms with van der Waals surface area (Å²) >= 11 is 0. The zero-order valence-corrected chi connectivity index (χ0v) is 9.21. The van der Waals surface area contributed by atoms with Crippen molar-refractivity contribution in [1.29, 1.82) is 0 Å². The highest BCUT2D eigenvalue weighted by atomic mass is 19.1. The van der Waals surface area contributed by atoms with Gasteiger partial charge in [0, 0.05) is 18.5 Å². The van der Waals surface area contributed by atoms with E-state index in [1.807, 2.05) is 5.32 Å². The van der Waals surface area contributed by atoms with Gasteiger partial charge in [-0.3, -0.25) is 20.0 Å². The number of nitro benzene ring substituents is 1. The Morgan fingerprint density at radius 3 is 2.74 bits per heavy atom. The van der Waals surface area contributed by atoms with Crippen LogP contribution in [0.1, 0.15) is 0 Å². The van der Waals surface area contributed by atoms with Crippen molar-refractivity contribution < 1.29 is 18.5 Å². The van der Waals surface area contributed by atoms with E-state index in [-0.39, 0.29) is 0 Å². The molecule has 1 N–H and O–H groups in total. The average Bonchev–Trinajstić information content (AvgIpc) is 2.85. The highest BCUT2D eigenvalue weighted by Crippen LogP contribution is 2.28. The molecule has 0 bridgehead atoms. The molecule has 0 fully saturated rings. The maximum absolute atomic E-state index is 13.5. The number of halogens is 2. The van der Waals surface area contributed by atoms with Crippen molar-refractivity contribution in [1.82, 2.24) is 9.55 Å². The van der Waals surface area contributed by atoms with E-state index in [2.05, 4.69) is 4.98 Å². The van der Waals surface area contributed by atoms with E-state index < -0.39 is 34.0 Å². The summed E-state index contributed by atoms with van der Waals surface area (Å²) in [5.41, 5.74) is -1.57. The second kappa shape index (κ2) is 4.80. The van der Waals surface area contributed by atoms with Gasteiger partial charge in [-0.25, -0.2) is 18.6 Å². The Morgan fingerprint density at radius 1 is 1.42 bits per heavy atom. The Kier molecular flexibility index (Phi) is 3.19. The molecule has 0 aliphatic carbocycles. The van der Waals surface area contributed by atoms with Crippen molar-refractivity contribution in [2.45, 2.75) is 0 Å². The Labute approximate surface area is 104 Å². The molecule has 1 heterocycles. The molecule has 2 rings (SSSR count). The lowest BCUT2D eigenvalue weighted by Crippen LogP contribution is -2.19. The summed E-state index contributed by atoms with van der Waals surface area (Å²) in [6.07, 6.45) is 3.69. The molecule has 1 aromatic heterocycles. The molecule has 7 nitrogen and oxygen atoms in total. The molecule has 0 unspecified atom stereocenters. The molecule has 1 aromatic carbocycles. The Hall–Kier alpha value is -2.84. The third-order valence-electron chi connectivity index (χ3n) is 2.20. The number of nitro groups is 1. The van der Waals surface area contributed by atoms with Crippen LogP contribution in [0, 0.1) is 21.7 Å². The largest absolute Gasteiger partial charge is 0.331 e. The van der Waals surface area contributed by atoms with E-state index in [0.29, 0.717) is 12.1 Å². The number of aromatic nitrogens is 2. The van der Waals surface area contributed by atoms with Gasteiger partial charge >= 0.3 is 6.03 Å². The van der Waals surface area contributed by atoms with Crippen LogP contribution in [0.3, 0.4) is 0 Å². The summed E-state index contributed by atoms with van der Waals surface area (Å²) in [5.74, 6) is -2.34. The number of hydrogen-bond donors (Lipinski definition) is 1. The van der Waals surface area contributed by atoms with Gasteiger partial charge in [-0.05, 0) is 0 Å². The minimum absolute atomic E-state index is 0.441. The number of imidazole rings is 1. The molecule has 2 aromatic rings. The molecular formula is C10H6F2N4O3. The molecule has 0 atom stereocenters. The standard InChI is InChI=1S/C10H6F2N4O3/c11-6-3-7(12)9(8(4-6)16(18)19)14-10(17)15-2-1-13-5-15/h1-5H,(H,14,17). The molecule has 0 radical (unpaired) electrons. The van der Waals surface area contributed by atoms with E-state index in [1.165, 1.54) is 12.4 Å². The second-order valence-electron chi connectivity index (χ2n) is 3.44. The van der Waals surface area contributed by atoms with Crippen molar-refractivity contribution in [3.63, 3.8) is 0 Å². The fourth-order valence-corrected chi connectivity index (χ4v) is 1.38. The second-order valence-corrected chi connectivity index (χ2v) is 3.44. The van der Waals surface area contributed by atoms with Crippen LogP contribution >= 0.6 is 0 Å². The van der Waals surface area contributed by atoms with Crippen molar-refractivity contribution >= 4 is 17.4 Å². The zero-order valence-electron chi connectivity index (χ0n) is 9.21. The fraction of sp³-hybridized carbons (Fsp3) is 0. The number of rotatable bonds is 2. The Morgan fingerprint density at radius 2 is 2.16 bits per heavy atom. The number of hydrogen-bond acceptors (Lipinski definition) is 4. The van der Waals surface area contributed by atoms with Gasteiger partial charge in [0.2, 0.25) is 0 Å². The van der Waals surface area contributed by atoms with Crippen molar-refractivity contribution in [2.24, 2.45) is 0 Å². The summed E-state index contributed by atoms with van der Waals surface area (Å²) in [6, 6.07) is 0.106. The van der Waals surface area contributed by atoms with Gasteiger partial charge < -0.3 is 0 Å². The lowest BCUT2D eigenvalue weighted by Gasteiger charge is -2.07. The van der Waals surface area contributed by atoms with Crippen LogP contribution in [0.15, 0.2) is 30.9 Å². The average molecular weight is 268 g/mol. The van der Waals surface area contributed by atoms with Crippen molar-refractivity contribution in [3.8, 4) is 0 Å². The molecule has 19 heavy (non-hydrogen) atoms. The van der Waals surface area contributed by atoms with Gasteiger partial charge in [-0.15, -0.1) is 0 Å². The van der Waals surface area contributed by atoms with Gasteiger partial charge in [0.1, 0.15) is 12.1 Å². The van der Waals surface area contributed by atoms with E-state index >= 15 is 0 Å². The van der Waals surface area contributed by atoms with E-state index in [1.54, 1.807) is 0 Å². The smallest absolute Gasteiger partial charge is 0.299 e. The zero-order chi connectivity index (χ0) is 14.0. The Bertz CT molecular complexity index is 642. The van der Waals surface area contributed by atoms with Crippen LogP contribution in [0.2, 0.25) is 0 Å². The number of carbonyl (C=O) groups is 1. The third kappa shape index (κ3) is 2.54. The Balaban J connectivity index is 2.39. The number of nitrogens with zero attached hydrogens (tertiary/aromatic N) is 3. The first-order valence-corrected chi connectivity index (χ1v) is 4.92. The third-order valence-corrected chi connectivity index (χ3v) is 2.20. The lowest BCUT2D eigenvalue weighted by atomic mass is 10.2. The predicted octanol–water partition coefficient (Wildman–Crippen LogP) is 2.15. The number of carbonyl (C=O) groups excluding carboxylic acids is 1. The maximum atomic E-state index is 13.5. The normalized spacial score (nSPS) is 10.2. The molecule has 0 spiro atoms. The SMILES string of the molecule is O=C(Nc1c(F)cc(F)cc1[N+](=O)[O-])n1ccnc1. The molecule has 1 amide bonds. The highest BCUT2D eigenvalue weighted by Gasteiger charge is 2.22. The summed E-state index contributed by atoms with van der Waals surface area (Å²) < 4.78 is 27.3.